The molecule has 2 aromatic rings. The lowest BCUT2D eigenvalue weighted by Gasteiger charge is -2.08. The minimum Gasteiger partial charge on any atom is -0.462 e. The van der Waals surface area contributed by atoms with Gasteiger partial charge in [0.05, 0.1) is 12.5 Å². The molecule has 8 heteroatoms. The summed E-state index contributed by atoms with van der Waals surface area (Å²) in [5.41, 5.74) is 0.775. The molecule has 1 amide bonds. The molecule has 0 aliphatic heterocycles. The Morgan fingerprint density at radius 3 is 2.63 bits per heavy atom. The average Bonchev–Trinajstić information content (AvgIpc) is 3.02. The number of hydrogen-bond acceptors (Lipinski definition) is 7. The number of furan rings is 1. The van der Waals surface area contributed by atoms with E-state index in [9.17, 15) is 14.4 Å². The Hall–Kier alpha value is -2.61. The normalized spacial score (nSPS) is 18.0. The fourth-order valence-corrected chi connectivity index (χ4v) is 3.63. The standard InChI is InChI=1S/C19H21NO6S/c1-4-24-19(23)16-13(14-6-5-11(3)26-14)9-27-17(16)20-15(21)8-25-18(22)12-7-10(12)2/h5-6,9-10,12H,4,7-8H2,1-3H3,(H,20,21)/t10-,12+/m1/s1. The molecule has 0 spiro atoms. The number of thiophene rings is 1. The van der Waals surface area contributed by atoms with Crippen LogP contribution >= 0.6 is 11.3 Å². The third kappa shape index (κ3) is 4.39. The van der Waals surface area contributed by atoms with Crippen LogP contribution in [0.2, 0.25) is 0 Å². The maximum atomic E-state index is 12.4. The van der Waals surface area contributed by atoms with E-state index in [1.807, 2.05) is 6.92 Å². The molecule has 27 heavy (non-hydrogen) atoms. The molecule has 144 valence electrons. The molecule has 1 fully saturated rings. The van der Waals surface area contributed by atoms with E-state index >= 15 is 0 Å². The van der Waals surface area contributed by atoms with E-state index in [0.29, 0.717) is 28.0 Å². The van der Waals surface area contributed by atoms with Gasteiger partial charge in [-0.15, -0.1) is 11.3 Å². The Kier molecular flexibility index (Phi) is 5.65. The average molecular weight is 391 g/mol. The summed E-state index contributed by atoms with van der Waals surface area (Å²) in [7, 11) is 0. The van der Waals surface area contributed by atoms with Crippen LogP contribution in [0.5, 0.6) is 0 Å². The first-order valence-electron chi connectivity index (χ1n) is 8.72. The zero-order valence-corrected chi connectivity index (χ0v) is 16.2. The largest absolute Gasteiger partial charge is 0.462 e. The molecule has 2 heterocycles. The molecule has 1 aliphatic carbocycles. The van der Waals surface area contributed by atoms with E-state index in [1.165, 1.54) is 11.3 Å². The van der Waals surface area contributed by atoms with E-state index in [0.717, 1.165) is 6.42 Å². The molecule has 1 aliphatic rings. The molecule has 0 radical (unpaired) electrons. The molecule has 0 bridgehead atoms. The number of nitrogens with one attached hydrogen (secondary N) is 1. The summed E-state index contributed by atoms with van der Waals surface area (Å²) < 4.78 is 15.7. The maximum Gasteiger partial charge on any atom is 0.341 e. The molecule has 3 rings (SSSR count). The van der Waals surface area contributed by atoms with E-state index in [1.54, 1.807) is 31.4 Å². The van der Waals surface area contributed by atoms with Gasteiger partial charge in [-0.3, -0.25) is 9.59 Å². The number of amides is 1. The lowest BCUT2D eigenvalue weighted by Crippen LogP contribution is -2.22. The number of esters is 2. The van der Waals surface area contributed by atoms with Crippen LogP contribution in [0.4, 0.5) is 5.00 Å². The number of rotatable bonds is 7. The number of carbonyl (C=O) groups excluding carboxylic acids is 3. The van der Waals surface area contributed by atoms with Crippen molar-refractivity contribution >= 4 is 34.2 Å². The van der Waals surface area contributed by atoms with Crippen molar-refractivity contribution in [3.8, 4) is 11.3 Å². The Labute approximate surface area is 160 Å². The molecule has 2 aromatic heterocycles. The topological polar surface area (TPSA) is 94.8 Å². The summed E-state index contributed by atoms with van der Waals surface area (Å²) in [6.45, 7) is 5.28. The molecule has 7 nitrogen and oxygen atoms in total. The van der Waals surface area contributed by atoms with E-state index in [4.69, 9.17) is 13.9 Å². The van der Waals surface area contributed by atoms with Crippen LogP contribution in [0, 0.1) is 18.8 Å². The highest BCUT2D eigenvalue weighted by Gasteiger charge is 2.40. The van der Waals surface area contributed by atoms with Crippen molar-refractivity contribution in [3.05, 3.63) is 28.8 Å². The van der Waals surface area contributed by atoms with Gasteiger partial charge in [0, 0.05) is 10.9 Å². The summed E-state index contributed by atoms with van der Waals surface area (Å²) in [5.74, 6) is 0.00426. The smallest absolute Gasteiger partial charge is 0.341 e. The van der Waals surface area contributed by atoms with Gasteiger partial charge in [-0.2, -0.15) is 0 Å². The SMILES string of the molecule is CCOC(=O)c1c(-c2ccc(C)o2)csc1NC(=O)COC(=O)[C@H]1C[C@H]1C. The summed E-state index contributed by atoms with van der Waals surface area (Å²) in [6, 6.07) is 3.54. The fourth-order valence-electron chi connectivity index (χ4n) is 2.67. The highest BCUT2D eigenvalue weighted by Crippen LogP contribution is 2.39. The summed E-state index contributed by atoms with van der Waals surface area (Å²) >= 11 is 1.18. The van der Waals surface area contributed by atoms with Crippen molar-refractivity contribution in [1.29, 1.82) is 0 Å². The van der Waals surface area contributed by atoms with Gasteiger partial charge in [-0.25, -0.2) is 4.79 Å². The second-order valence-corrected chi connectivity index (χ2v) is 7.34. The quantitative estimate of drug-likeness (QED) is 0.724. The molecular formula is C19H21NO6S. The zero-order chi connectivity index (χ0) is 19.6. The van der Waals surface area contributed by atoms with Gasteiger partial charge in [-0.1, -0.05) is 6.92 Å². The van der Waals surface area contributed by atoms with E-state index in [-0.39, 0.29) is 24.1 Å². The van der Waals surface area contributed by atoms with Crippen molar-refractivity contribution in [1.82, 2.24) is 0 Å². The molecule has 2 atom stereocenters. The van der Waals surface area contributed by atoms with Crippen molar-refractivity contribution < 1.29 is 28.3 Å². The number of carbonyl (C=O) groups is 3. The second-order valence-electron chi connectivity index (χ2n) is 6.46. The Balaban J connectivity index is 1.74. The van der Waals surface area contributed by atoms with Crippen LogP contribution in [0.25, 0.3) is 11.3 Å². The van der Waals surface area contributed by atoms with Crippen molar-refractivity contribution in [2.45, 2.75) is 27.2 Å². The first-order valence-corrected chi connectivity index (χ1v) is 9.60. The molecule has 1 saturated carbocycles. The first kappa shape index (κ1) is 19.2. The van der Waals surface area contributed by atoms with Crippen molar-refractivity contribution in [3.63, 3.8) is 0 Å². The van der Waals surface area contributed by atoms with Gasteiger partial charge in [0.1, 0.15) is 22.1 Å². The molecule has 1 N–H and O–H groups in total. The van der Waals surface area contributed by atoms with E-state index < -0.39 is 18.5 Å². The van der Waals surface area contributed by atoms with Crippen LogP contribution in [-0.4, -0.2) is 31.1 Å². The minimum absolute atomic E-state index is 0.108. The highest BCUT2D eigenvalue weighted by molar-refractivity contribution is 7.15. The van der Waals surface area contributed by atoms with E-state index in [2.05, 4.69) is 5.32 Å². The minimum atomic E-state index is -0.554. The number of hydrogen-bond donors (Lipinski definition) is 1. The third-order valence-corrected chi connectivity index (χ3v) is 5.18. The predicted molar refractivity (Wildman–Crippen MR) is 99.6 cm³/mol. The van der Waals surface area contributed by atoms with Gasteiger partial charge in [0.2, 0.25) is 0 Å². The van der Waals surface area contributed by atoms with Crippen molar-refractivity contribution in [2.75, 3.05) is 18.5 Å². The van der Waals surface area contributed by atoms with Crippen molar-refractivity contribution in [2.24, 2.45) is 11.8 Å². The molecular weight excluding hydrogens is 370 g/mol. The van der Waals surface area contributed by atoms with Crippen LogP contribution in [0.1, 0.15) is 36.4 Å². The number of ether oxygens (including phenoxy) is 2. The first-order chi connectivity index (χ1) is 12.9. The monoisotopic (exact) mass is 391 g/mol. The van der Waals surface area contributed by atoms with Crippen LogP contribution in [0.3, 0.4) is 0 Å². The second kappa shape index (κ2) is 7.96. The summed E-state index contributed by atoms with van der Waals surface area (Å²) in [6.07, 6.45) is 0.796. The van der Waals surface area contributed by atoms with Gasteiger partial charge in [-0.05, 0) is 38.3 Å². The van der Waals surface area contributed by atoms with Gasteiger partial charge in [0.15, 0.2) is 6.61 Å². The Bertz CT molecular complexity index is 867. The lowest BCUT2D eigenvalue weighted by atomic mass is 10.1. The third-order valence-electron chi connectivity index (χ3n) is 4.29. The molecule has 0 aromatic carbocycles. The van der Waals surface area contributed by atoms with Crippen LogP contribution in [-0.2, 0) is 19.1 Å². The maximum absolute atomic E-state index is 12.4. The zero-order valence-electron chi connectivity index (χ0n) is 15.4. The summed E-state index contributed by atoms with van der Waals surface area (Å²) in [5, 5.41) is 4.68. The summed E-state index contributed by atoms with van der Waals surface area (Å²) in [4.78, 5) is 36.3. The van der Waals surface area contributed by atoms with Gasteiger partial charge >= 0.3 is 11.9 Å². The van der Waals surface area contributed by atoms with Gasteiger partial charge < -0.3 is 19.2 Å². The fraction of sp³-hybridized carbons (Fsp3) is 0.421. The number of anilines is 1. The number of aryl methyl sites for hydroxylation is 1. The predicted octanol–water partition coefficient (Wildman–Crippen LogP) is 3.63. The van der Waals surface area contributed by atoms with Gasteiger partial charge in [0.25, 0.3) is 5.91 Å². The molecule has 0 unspecified atom stereocenters. The highest BCUT2D eigenvalue weighted by atomic mass is 32.1. The Morgan fingerprint density at radius 1 is 1.30 bits per heavy atom. The molecule has 0 saturated heterocycles. The van der Waals surface area contributed by atoms with Crippen LogP contribution in [0.15, 0.2) is 21.9 Å². The van der Waals surface area contributed by atoms with Crippen LogP contribution < -0.4 is 5.32 Å². The lowest BCUT2D eigenvalue weighted by molar-refractivity contribution is -0.148. The Morgan fingerprint density at radius 2 is 2.04 bits per heavy atom.